The van der Waals surface area contributed by atoms with Crippen molar-refractivity contribution in [2.75, 3.05) is 18.5 Å². The Kier molecular flexibility index (Phi) is 12.5. The van der Waals surface area contributed by atoms with Gasteiger partial charge in [-0.25, -0.2) is 0 Å². The molecule has 0 radical (unpaired) electrons. The summed E-state index contributed by atoms with van der Waals surface area (Å²) in [5, 5.41) is 11.2. The molecular formula is C23H37BrO4. The number of esters is 1. The molecule has 1 rings (SSSR count). The van der Waals surface area contributed by atoms with Gasteiger partial charge >= 0.3 is 5.97 Å². The Hall–Kier alpha value is -1.07. The maximum atomic E-state index is 11.5. The van der Waals surface area contributed by atoms with E-state index in [4.69, 9.17) is 9.47 Å². The highest BCUT2D eigenvalue weighted by atomic mass is 79.9. The van der Waals surface area contributed by atoms with Crippen LogP contribution in [-0.4, -0.2) is 35.2 Å². The third-order valence-electron chi connectivity index (χ3n) is 4.63. The quantitative estimate of drug-likeness (QED) is 0.211. The van der Waals surface area contributed by atoms with Gasteiger partial charge in [-0.3, -0.25) is 4.79 Å². The van der Waals surface area contributed by atoms with Crippen LogP contribution in [0.5, 0.6) is 5.75 Å². The largest absolute Gasteiger partial charge is 0.493 e. The highest BCUT2D eigenvalue weighted by Gasteiger charge is 2.17. The van der Waals surface area contributed by atoms with Gasteiger partial charge in [0.2, 0.25) is 0 Å². The molecular weight excluding hydrogens is 420 g/mol. The second-order valence-corrected chi connectivity index (χ2v) is 8.61. The molecule has 0 fully saturated rings. The predicted molar refractivity (Wildman–Crippen MR) is 118 cm³/mol. The molecule has 1 aromatic rings. The van der Waals surface area contributed by atoms with E-state index < -0.39 is 5.60 Å². The first-order valence-electron chi connectivity index (χ1n) is 10.5. The predicted octanol–water partition coefficient (Wildman–Crippen LogP) is 5.61. The number of halogens is 1. The van der Waals surface area contributed by atoms with Crippen molar-refractivity contribution in [2.24, 2.45) is 0 Å². The van der Waals surface area contributed by atoms with Crippen LogP contribution >= 0.6 is 15.9 Å². The number of hydrogen-bond acceptors (Lipinski definition) is 4. The van der Waals surface area contributed by atoms with E-state index in [0.717, 1.165) is 30.3 Å². The van der Waals surface area contributed by atoms with Crippen molar-refractivity contribution >= 4 is 21.9 Å². The standard InChI is InChI=1S/C23H37BrO4/c1-4-27-22(25)14-10-18-28-21-13-9-12-19(11-7-5-6-8-17-24)20(21)15-16-23(2,3)26/h9,12-13,26H,4-8,10-11,14-18H2,1-3H3. The van der Waals surface area contributed by atoms with Crippen LogP contribution in [0.25, 0.3) is 0 Å². The molecule has 0 aliphatic heterocycles. The van der Waals surface area contributed by atoms with Gasteiger partial charge in [0, 0.05) is 11.8 Å². The number of carbonyl (C=O) groups is 1. The van der Waals surface area contributed by atoms with Gasteiger partial charge in [-0.15, -0.1) is 0 Å². The lowest BCUT2D eigenvalue weighted by molar-refractivity contribution is -0.143. The molecule has 160 valence electrons. The van der Waals surface area contributed by atoms with Gasteiger partial charge < -0.3 is 14.6 Å². The van der Waals surface area contributed by atoms with Gasteiger partial charge in [-0.1, -0.05) is 40.9 Å². The van der Waals surface area contributed by atoms with E-state index in [2.05, 4.69) is 22.0 Å². The van der Waals surface area contributed by atoms with E-state index in [1.807, 2.05) is 32.9 Å². The van der Waals surface area contributed by atoms with Crippen LogP contribution in [0.15, 0.2) is 18.2 Å². The minimum absolute atomic E-state index is 0.175. The van der Waals surface area contributed by atoms with Gasteiger partial charge in [-0.2, -0.15) is 0 Å². The van der Waals surface area contributed by atoms with Gasteiger partial charge in [0.1, 0.15) is 5.75 Å². The van der Waals surface area contributed by atoms with E-state index in [-0.39, 0.29) is 5.97 Å². The Morgan fingerprint density at radius 2 is 1.86 bits per heavy atom. The van der Waals surface area contributed by atoms with Crippen LogP contribution in [0.3, 0.4) is 0 Å². The number of ether oxygens (including phenoxy) is 2. The lowest BCUT2D eigenvalue weighted by Crippen LogP contribution is -2.20. The monoisotopic (exact) mass is 456 g/mol. The minimum Gasteiger partial charge on any atom is -0.493 e. The lowest BCUT2D eigenvalue weighted by atomic mass is 9.93. The highest BCUT2D eigenvalue weighted by molar-refractivity contribution is 9.09. The first kappa shape index (κ1) is 25.0. The number of carbonyl (C=O) groups excluding carboxylic acids is 1. The van der Waals surface area contributed by atoms with Crippen molar-refractivity contribution in [3.63, 3.8) is 0 Å². The van der Waals surface area contributed by atoms with E-state index in [9.17, 15) is 9.90 Å². The van der Waals surface area contributed by atoms with Crippen LogP contribution in [0.1, 0.15) is 76.8 Å². The zero-order valence-corrected chi connectivity index (χ0v) is 19.4. The summed E-state index contributed by atoms with van der Waals surface area (Å²) in [6.45, 7) is 6.40. The second kappa shape index (κ2) is 14.0. The number of rotatable bonds is 15. The molecule has 0 bridgehead atoms. The third-order valence-corrected chi connectivity index (χ3v) is 5.20. The number of aliphatic hydroxyl groups is 1. The number of alkyl halides is 1. The molecule has 1 N–H and O–H groups in total. The summed E-state index contributed by atoms with van der Waals surface area (Å²) in [5.41, 5.74) is 1.80. The van der Waals surface area contributed by atoms with Gasteiger partial charge in [0.25, 0.3) is 0 Å². The Balaban J connectivity index is 2.71. The number of aryl methyl sites for hydroxylation is 1. The van der Waals surface area contributed by atoms with E-state index in [1.54, 1.807) is 0 Å². The highest BCUT2D eigenvalue weighted by Crippen LogP contribution is 2.28. The average Bonchev–Trinajstić information content (AvgIpc) is 2.63. The molecule has 0 unspecified atom stereocenters. The molecule has 5 heteroatoms. The van der Waals surface area contributed by atoms with E-state index in [0.29, 0.717) is 32.5 Å². The first-order valence-corrected chi connectivity index (χ1v) is 11.7. The number of hydrogen-bond donors (Lipinski definition) is 1. The van der Waals surface area contributed by atoms with Crippen molar-refractivity contribution in [2.45, 2.75) is 84.2 Å². The average molecular weight is 457 g/mol. The van der Waals surface area contributed by atoms with E-state index in [1.165, 1.54) is 30.4 Å². The zero-order chi connectivity index (χ0) is 20.8. The van der Waals surface area contributed by atoms with Gasteiger partial charge in [-0.05, 0) is 76.5 Å². The molecule has 1 aromatic carbocycles. The fraction of sp³-hybridized carbons (Fsp3) is 0.696. The SMILES string of the molecule is CCOC(=O)CCCOc1cccc(CCCCCCBr)c1CCC(C)(C)O. The molecule has 0 spiro atoms. The fourth-order valence-electron chi connectivity index (χ4n) is 3.09. The smallest absolute Gasteiger partial charge is 0.305 e. The number of unbranched alkanes of at least 4 members (excludes halogenated alkanes) is 3. The molecule has 28 heavy (non-hydrogen) atoms. The Morgan fingerprint density at radius 1 is 1.11 bits per heavy atom. The van der Waals surface area contributed by atoms with E-state index >= 15 is 0 Å². The minimum atomic E-state index is -0.704. The molecule has 0 atom stereocenters. The Morgan fingerprint density at radius 3 is 2.54 bits per heavy atom. The summed E-state index contributed by atoms with van der Waals surface area (Å²) < 4.78 is 11.0. The Bertz CT molecular complexity index is 566. The van der Waals surface area contributed by atoms with Crippen molar-refractivity contribution in [1.82, 2.24) is 0 Å². The number of benzene rings is 1. The van der Waals surface area contributed by atoms with Crippen LogP contribution in [0.2, 0.25) is 0 Å². The normalized spacial score (nSPS) is 11.5. The Labute approximate surface area is 179 Å². The maximum absolute atomic E-state index is 11.5. The fourth-order valence-corrected chi connectivity index (χ4v) is 3.49. The summed E-state index contributed by atoms with van der Waals surface area (Å²) in [6.07, 6.45) is 8.37. The molecule has 0 saturated carbocycles. The van der Waals surface area contributed by atoms with Crippen molar-refractivity contribution in [1.29, 1.82) is 0 Å². The first-order chi connectivity index (χ1) is 13.4. The summed E-state index contributed by atoms with van der Waals surface area (Å²) in [7, 11) is 0. The molecule has 0 saturated heterocycles. The third kappa shape index (κ3) is 11.1. The van der Waals surface area contributed by atoms with Crippen LogP contribution in [0.4, 0.5) is 0 Å². The van der Waals surface area contributed by atoms with Crippen molar-refractivity contribution in [3.8, 4) is 5.75 Å². The zero-order valence-electron chi connectivity index (χ0n) is 17.8. The van der Waals surface area contributed by atoms with Crippen LogP contribution in [-0.2, 0) is 22.4 Å². The summed E-state index contributed by atoms with van der Waals surface area (Å²) in [4.78, 5) is 11.5. The molecule has 0 amide bonds. The van der Waals surface area contributed by atoms with Gasteiger partial charge in [0.05, 0.1) is 18.8 Å². The molecule has 0 aliphatic carbocycles. The molecule has 4 nitrogen and oxygen atoms in total. The lowest BCUT2D eigenvalue weighted by Gasteiger charge is -2.20. The van der Waals surface area contributed by atoms with Crippen molar-refractivity contribution < 1.29 is 19.4 Å². The second-order valence-electron chi connectivity index (χ2n) is 7.82. The van der Waals surface area contributed by atoms with Crippen LogP contribution < -0.4 is 4.74 Å². The van der Waals surface area contributed by atoms with Crippen molar-refractivity contribution in [3.05, 3.63) is 29.3 Å². The summed E-state index contributed by atoms with van der Waals surface area (Å²) >= 11 is 3.48. The maximum Gasteiger partial charge on any atom is 0.305 e. The topological polar surface area (TPSA) is 55.8 Å². The molecule has 0 heterocycles. The van der Waals surface area contributed by atoms with Crippen LogP contribution in [0, 0.1) is 0 Å². The summed E-state index contributed by atoms with van der Waals surface area (Å²) in [5.74, 6) is 0.705. The van der Waals surface area contributed by atoms with Gasteiger partial charge in [0.15, 0.2) is 0 Å². The molecule has 0 aromatic heterocycles. The summed E-state index contributed by atoms with van der Waals surface area (Å²) in [6, 6.07) is 6.22. The molecule has 0 aliphatic rings.